The van der Waals surface area contributed by atoms with Crippen molar-refractivity contribution in [3.8, 4) is 0 Å². The van der Waals surface area contributed by atoms with E-state index in [4.69, 9.17) is 4.52 Å². The summed E-state index contributed by atoms with van der Waals surface area (Å²) in [6.45, 7) is 7.79. The number of hydrogen-bond acceptors (Lipinski definition) is 6. The monoisotopic (exact) mass is 355 g/mol. The van der Waals surface area contributed by atoms with Gasteiger partial charge in [0.15, 0.2) is 16.3 Å². The molecule has 10 heteroatoms. The van der Waals surface area contributed by atoms with Gasteiger partial charge >= 0.3 is 0 Å². The molecule has 0 aliphatic rings. The van der Waals surface area contributed by atoms with Crippen molar-refractivity contribution >= 4 is 21.6 Å². The normalized spacial score (nSPS) is 11.5. The second-order valence-corrected chi connectivity index (χ2v) is 6.88. The molecule has 0 saturated carbocycles. The van der Waals surface area contributed by atoms with E-state index in [2.05, 4.69) is 20.3 Å². The van der Waals surface area contributed by atoms with Crippen LogP contribution < -0.4 is 10.0 Å². The molecule has 0 unspecified atom stereocenters. The molecule has 0 fully saturated rings. The zero-order valence-corrected chi connectivity index (χ0v) is 14.9. The number of carbonyl (C=O) groups excluding carboxylic acids is 1. The minimum Gasteiger partial charge on any atom is -0.360 e. The highest BCUT2D eigenvalue weighted by atomic mass is 32.2. The molecule has 24 heavy (non-hydrogen) atoms. The molecule has 132 valence electrons. The molecule has 0 aliphatic heterocycles. The third-order valence-corrected chi connectivity index (χ3v) is 4.93. The lowest BCUT2D eigenvalue weighted by Crippen LogP contribution is -2.26. The molecule has 2 aromatic rings. The molecule has 0 atom stereocenters. The van der Waals surface area contributed by atoms with Gasteiger partial charge in [-0.3, -0.25) is 14.2 Å². The van der Waals surface area contributed by atoms with Crippen LogP contribution in [0, 0.1) is 13.8 Å². The number of aromatic nitrogens is 3. The Morgan fingerprint density at radius 1 is 1.33 bits per heavy atom. The SMILES string of the molecule is CCCNC(=O)c1nn(CC)cc1NS(=O)(=O)c1c(C)noc1C. The Hall–Kier alpha value is -2.36. The molecule has 2 rings (SSSR count). The molecule has 2 heterocycles. The third kappa shape index (κ3) is 3.58. The Morgan fingerprint density at radius 3 is 2.58 bits per heavy atom. The molecular weight excluding hydrogens is 334 g/mol. The van der Waals surface area contributed by atoms with Crippen molar-refractivity contribution in [2.24, 2.45) is 0 Å². The largest absolute Gasteiger partial charge is 0.360 e. The Labute approximate surface area is 140 Å². The first-order chi connectivity index (χ1) is 11.3. The number of nitrogens with zero attached hydrogens (tertiary/aromatic N) is 3. The molecule has 0 aliphatic carbocycles. The number of anilines is 1. The lowest BCUT2D eigenvalue weighted by atomic mass is 10.3. The van der Waals surface area contributed by atoms with E-state index in [0.29, 0.717) is 13.1 Å². The number of sulfonamides is 1. The molecule has 0 saturated heterocycles. The first kappa shape index (κ1) is 18.0. The van der Waals surface area contributed by atoms with Gasteiger partial charge in [-0.05, 0) is 27.2 Å². The van der Waals surface area contributed by atoms with Crippen molar-refractivity contribution in [2.75, 3.05) is 11.3 Å². The summed E-state index contributed by atoms with van der Waals surface area (Å²) in [6, 6.07) is 0. The van der Waals surface area contributed by atoms with Crippen LogP contribution in [-0.2, 0) is 16.6 Å². The Morgan fingerprint density at radius 2 is 2.04 bits per heavy atom. The van der Waals surface area contributed by atoms with Crippen LogP contribution in [0.3, 0.4) is 0 Å². The van der Waals surface area contributed by atoms with E-state index in [1.807, 2.05) is 13.8 Å². The molecule has 9 nitrogen and oxygen atoms in total. The zero-order chi connectivity index (χ0) is 17.9. The predicted octanol–water partition coefficient (Wildman–Crippen LogP) is 1.45. The first-order valence-corrected chi connectivity index (χ1v) is 9.09. The summed E-state index contributed by atoms with van der Waals surface area (Å²) in [5.41, 5.74) is 0.394. The Balaban J connectivity index is 2.38. The molecular formula is C14H21N5O4S. The first-order valence-electron chi connectivity index (χ1n) is 7.61. The molecule has 0 aromatic carbocycles. The summed E-state index contributed by atoms with van der Waals surface area (Å²) < 4.78 is 34.0. The number of hydrogen-bond donors (Lipinski definition) is 2. The van der Waals surface area contributed by atoms with Crippen LogP contribution in [0.4, 0.5) is 5.69 Å². The topological polar surface area (TPSA) is 119 Å². The number of carbonyl (C=O) groups is 1. The van der Waals surface area contributed by atoms with E-state index in [0.717, 1.165) is 6.42 Å². The van der Waals surface area contributed by atoms with E-state index < -0.39 is 15.9 Å². The second-order valence-electron chi connectivity index (χ2n) is 5.26. The second kappa shape index (κ2) is 7.04. The fourth-order valence-corrected chi connectivity index (χ4v) is 3.58. The standard InChI is InChI=1S/C14H21N5O4S/c1-5-7-15-14(20)12-11(8-19(6-2)16-12)18-24(21,22)13-9(3)17-23-10(13)4/h8,18H,5-7H2,1-4H3,(H,15,20). The number of amides is 1. The van der Waals surface area contributed by atoms with Crippen LogP contribution in [0.25, 0.3) is 0 Å². The highest BCUT2D eigenvalue weighted by Crippen LogP contribution is 2.24. The molecule has 2 aromatic heterocycles. The lowest BCUT2D eigenvalue weighted by Gasteiger charge is -2.07. The Kier molecular flexibility index (Phi) is 5.27. The van der Waals surface area contributed by atoms with Crippen molar-refractivity contribution in [2.45, 2.75) is 45.6 Å². The van der Waals surface area contributed by atoms with Gasteiger partial charge in [0.2, 0.25) is 0 Å². The summed E-state index contributed by atoms with van der Waals surface area (Å²) in [7, 11) is -3.94. The maximum absolute atomic E-state index is 12.6. The molecule has 2 N–H and O–H groups in total. The van der Waals surface area contributed by atoms with E-state index >= 15 is 0 Å². The van der Waals surface area contributed by atoms with Gasteiger partial charge in [0.25, 0.3) is 15.9 Å². The summed E-state index contributed by atoms with van der Waals surface area (Å²) >= 11 is 0. The van der Waals surface area contributed by atoms with Crippen molar-refractivity contribution < 1.29 is 17.7 Å². The average Bonchev–Trinajstić information content (AvgIpc) is 3.07. The average molecular weight is 355 g/mol. The summed E-state index contributed by atoms with van der Waals surface area (Å²) in [5.74, 6) is -0.250. The van der Waals surface area contributed by atoms with Gasteiger partial charge in [-0.25, -0.2) is 8.42 Å². The summed E-state index contributed by atoms with van der Waals surface area (Å²) in [4.78, 5) is 12.2. The summed E-state index contributed by atoms with van der Waals surface area (Å²) in [6.07, 6.45) is 2.25. The molecule has 1 amide bonds. The van der Waals surface area contributed by atoms with Crippen molar-refractivity contribution in [1.82, 2.24) is 20.3 Å². The van der Waals surface area contributed by atoms with E-state index in [9.17, 15) is 13.2 Å². The van der Waals surface area contributed by atoms with Crippen molar-refractivity contribution in [1.29, 1.82) is 0 Å². The van der Waals surface area contributed by atoms with Crippen LogP contribution in [-0.4, -0.2) is 35.8 Å². The van der Waals surface area contributed by atoms with Gasteiger partial charge in [0, 0.05) is 19.3 Å². The van der Waals surface area contributed by atoms with E-state index in [1.54, 1.807) is 0 Å². The fraction of sp³-hybridized carbons (Fsp3) is 0.500. The van der Waals surface area contributed by atoms with Crippen LogP contribution in [0.5, 0.6) is 0 Å². The van der Waals surface area contributed by atoms with Gasteiger partial charge in [-0.15, -0.1) is 0 Å². The smallest absolute Gasteiger partial charge is 0.273 e. The van der Waals surface area contributed by atoms with Crippen molar-refractivity contribution in [3.63, 3.8) is 0 Å². The van der Waals surface area contributed by atoms with Gasteiger partial charge in [0.1, 0.15) is 5.69 Å². The van der Waals surface area contributed by atoms with Crippen LogP contribution >= 0.6 is 0 Å². The number of rotatable bonds is 7. The van der Waals surface area contributed by atoms with Gasteiger partial charge in [-0.1, -0.05) is 12.1 Å². The van der Waals surface area contributed by atoms with Crippen LogP contribution in [0.2, 0.25) is 0 Å². The maximum atomic E-state index is 12.6. The van der Waals surface area contributed by atoms with E-state index in [-0.39, 0.29) is 27.7 Å². The molecule has 0 radical (unpaired) electrons. The summed E-state index contributed by atoms with van der Waals surface area (Å²) in [5, 5.41) is 10.5. The zero-order valence-electron chi connectivity index (χ0n) is 14.1. The number of aryl methyl sites for hydroxylation is 3. The highest BCUT2D eigenvalue weighted by molar-refractivity contribution is 7.92. The minimum atomic E-state index is -3.94. The fourth-order valence-electron chi connectivity index (χ4n) is 2.20. The van der Waals surface area contributed by atoms with Gasteiger partial charge in [-0.2, -0.15) is 5.10 Å². The quantitative estimate of drug-likeness (QED) is 0.776. The highest BCUT2D eigenvalue weighted by Gasteiger charge is 2.27. The lowest BCUT2D eigenvalue weighted by molar-refractivity contribution is 0.0948. The Bertz CT molecular complexity index is 818. The third-order valence-electron chi connectivity index (χ3n) is 3.32. The molecule has 0 spiro atoms. The van der Waals surface area contributed by atoms with Gasteiger partial charge in [0.05, 0.1) is 5.69 Å². The van der Waals surface area contributed by atoms with Crippen molar-refractivity contribution in [3.05, 3.63) is 23.3 Å². The van der Waals surface area contributed by atoms with Crippen LogP contribution in [0.15, 0.2) is 15.6 Å². The van der Waals surface area contributed by atoms with Gasteiger partial charge < -0.3 is 9.84 Å². The minimum absolute atomic E-state index is 0.0284. The molecule has 0 bridgehead atoms. The maximum Gasteiger partial charge on any atom is 0.273 e. The number of nitrogens with one attached hydrogen (secondary N) is 2. The predicted molar refractivity (Wildman–Crippen MR) is 87.3 cm³/mol. The van der Waals surface area contributed by atoms with Crippen LogP contribution in [0.1, 0.15) is 42.2 Å². The van der Waals surface area contributed by atoms with E-state index in [1.165, 1.54) is 24.7 Å².